The van der Waals surface area contributed by atoms with Gasteiger partial charge in [0.25, 0.3) is 5.91 Å². The van der Waals surface area contributed by atoms with Crippen LogP contribution in [0.1, 0.15) is 45.9 Å². The molecule has 25 heavy (non-hydrogen) atoms. The zero-order valence-corrected chi connectivity index (χ0v) is 15.6. The highest BCUT2D eigenvalue weighted by Crippen LogP contribution is 2.32. The van der Waals surface area contributed by atoms with Crippen molar-refractivity contribution in [2.24, 2.45) is 5.92 Å². The monoisotopic (exact) mass is 357 g/mol. The molecule has 1 aliphatic rings. The maximum absolute atomic E-state index is 12.4. The summed E-state index contributed by atoms with van der Waals surface area (Å²) in [6.45, 7) is 5.79. The molecule has 1 aromatic heterocycles. The Kier molecular flexibility index (Phi) is 5.23. The van der Waals surface area contributed by atoms with E-state index >= 15 is 0 Å². The Balaban J connectivity index is 1.61. The fourth-order valence-electron chi connectivity index (χ4n) is 3.05. The highest BCUT2D eigenvalue weighted by Gasteiger charge is 2.24. The Hall–Kier alpha value is -2.14. The molecule has 0 radical (unpaired) electrons. The molecule has 1 amide bonds. The number of anilines is 1. The summed E-state index contributed by atoms with van der Waals surface area (Å²) < 4.78 is 5.36. The Morgan fingerprint density at radius 1 is 1.32 bits per heavy atom. The molecule has 0 aliphatic heterocycles. The minimum absolute atomic E-state index is 0.325. The minimum Gasteiger partial charge on any atom is -0.448 e. The number of aryl methyl sites for hydroxylation is 2. The maximum atomic E-state index is 12.4. The maximum Gasteiger partial charge on any atom is 0.349 e. The van der Waals surface area contributed by atoms with Crippen LogP contribution in [-0.2, 0) is 22.4 Å². The van der Waals surface area contributed by atoms with E-state index in [1.54, 1.807) is 6.92 Å². The molecule has 1 heterocycles. The van der Waals surface area contributed by atoms with Gasteiger partial charge >= 0.3 is 5.97 Å². The van der Waals surface area contributed by atoms with E-state index in [2.05, 4.69) is 12.2 Å². The smallest absolute Gasteiger partial charge is 0.349 e. The van der Waals surface area contributed by atoms with Gasteiger partial charge in [-0.15, -0.1) is 11.3 Å². The number of fused-ring (bicyclic) bond motifs is 1. The van der Waals surface area contributed by atoms with Crippen molar-refractivity contribution in [1.82, 2.24) is 0 Å². The highest BCUT2D eigenvalue weighted by molar-refractivity contribution is 7.14. The van der Waals surface area contributed by atoms with Gasteiger partial charge < -0.3 is 10.1 Å². The van der Waals surface area contributed by atoms with E-state index in [9.17, 15) is 9.59 Å². The molecule has 2 aromatic rings. The van der Waals surface area contributed by atoms with Crippen LogP contribution in [0.2, 0.25) is 0 Å². The fraction of sp³-hybridized carbons (Fsp3) is 0.400. The Bertz CT molecular complexity index is 796. The van der Waals surface area contributed by atoms with Gasteiger partial charge in [-0.1, -0.05) is 19.1 Å². The summed E-state index contributed by atoms with van der Waals surface area (Å²) in [4.78, 5) is 26.5. The molecule has 3 rings (SSSR count). The fourth-order valence-corrected chi connectivity index (χ4v) is 4.14. The van der Waals surface area contributed by atoms with Crippen LogP contribution in [-0.4, -0.2) is 18.0 Å². The van der Waals surface area contributed by atoms with Gasteiger partial charge in [0.1, 0.15) is 4.88 Å². The van der Waals surface area contributed by atoms with Crippen molar-refractivity contribution >= 4 is 28.9 Å². The zero-order chi connectivity index (χ0) is 18.0. The molecule has 0 spiro atoms. The number of nitrogens with one attached hydrogen (secondary N) is 1. The second-order valence-corrected chi connectivity index (χ2v) is 7.95. The topological polar surface area (TPSA) is 55.4 Å². The SMILES string of the molecule is Cc1cccc(NC(=O)[C@H](C)OC(=O)c2cc3c(s2)CC[C@@H](C)C3)c1. The molecule has 132 valence electrons. The van der Waals surface area contributed by atoms with Gasteiger partial charge in [-0.05, 0) is 68.4 Å². The van der Waals surface area contributed by atoms with Crippen molar-refractivity contribution < 1.29 is 14.3 Å². The van der Waals surface area contributed by atoms with E-state index < -0.39 is 12.1 Å². The quantitative estimate of drug-likeness (QED) is 0.827. The number of benzene rings is 1. The molecule has 4 nitrogen and oxygen atoms in total. The van der Waals surface area contributed by atoms with Gasteiger partial charge in [0.15, 0.2) is 6.10 Å². The van der Waals surface area contributed by atoms with Crippen LogP contribution >= 0.6 is 11.3 Å². The van der Waals surface area contributed by atoms with E-state index in [4.69, 9.17) is 4.74 Å². The van der Waals surface area contributed by atoms with Crippen LogP contribution < -0.4 is 5.32 Å². The second-order valence-electron chi connectivity index (χ2n) is 6.81. The minimum atomic E-state index is -0.842. The summed E-state index contributed by atoms with van der Waals surface area (Å²) in [5, 5.41) is 2.78. The predicted octanol–water partition coefficient (Wildman–Crippen LogP) is 4.37. The third kappa shape index (κ3) is 4.28. The van der Waals surface area contributed by atoms with Crippen LogP contribution in [0, 0.1) is 12.8 Å². The lowest BCUT2D eigenvalue weighted by atomic mass is 9.90. The van der Waals surface area contributed by atoms with Crippen molar-refractivity contribution in [3.05, 3.63) is 51.2 Å². The van der Waals surface area contributed by atoms with E-state index in [1.807, 2.05) is 37.3 Å². The van der Waals surface area contributed by atoms with Crippen molar-refractivity contribution in [3.8, 4) is 0 Å². The van der Waals surface area contributed by atoms with Crippen LogP contribution in [0.3, 0.4) is 0 Å². The zero-order valence-electron chi connectivity index (χ0n) is 14.8. The normalized spacial score (nSPS) is 17.5. The first-order chi connectivity index (χ1) is 11.9. The van der Waals surface area contributed by atoms with Gasteiger partial charge in [0.2, 0.25) is 0 Å². The standard InChI is InChI=1S/C20H23NO3S/c1-12-5-4-6-16(10-12)21-19(22)14(3)24-20(23)18-11-15-9-13(2)7-8-17(15)25-18/h4-6,10-11,13-14H,7-9H2,1-3H3,(H,21,22)/t13-,14+/m1/s1. The Morgan fingerprint density at radius 2 is 2.12 bits per heavy atom. The third-order valence-electron chi connectivity index (χ3n) is 4.47. The average Bonchev–Trinajstić information content (AvgIpc) is 2.98. The largest absolute Gasteiger partial charge is 0.448 e. The van der Waals surface area contributed by atoms with E-state index in [0.717, 1.165) is 24.8 Å². The van der Waals surface area contributed by atoms with Gasteiger partial charge in [-0.2, -0.15) is 0 Å². The van der Waals surface area contributed by atoms with Crippen LogP contribution in [0.15, 0.2) is 30.3 Å². The summed E-state index contributed by atoms with van der Waals surface area (Å²) in [6, 6.07) is 9.45. The molecule has 0 fully saturated rings. The summed E-state index contributed by atoms with van der Waals surface area (Å²) in [6.07, 6.45) is 2.36. The Morgan fingerprint density at radius 3 is 2.88 bits per heavy atom. The van der Waals surface area contributed by atoms with Crippen molar-refractivity contribution in [2.75, 3.05) is 5.32 Å². The summed E-state index contributed by atoms with van der Waals surface area (Å²) in [5.41, 5.74) is 3.02. The number of hydrogen-bond acceptors (Lipinski definition) is 4. The van der Waals surface area contributed by atoms with E-state index in [1.165, 1.54) is 21.8 Å². The first-order valence-electron chi connectivity index (χ1n) is 8.62. The molecular weight excluding hydrogens is 334 g/mol. The molecule has 0 saturated carbocycles. The highest BCUT2D eigenvalue weighted by atomic mass is 32.1. The number of thiophene rings is 1. The van der Waals surface area contributed by atoms with Crippen LogP contribution in [0.25, 0.3) is 0 Å². The molecule has 0 bridgehead atoms. The number of rotatable bonds is 4. The van der Waals surface area contributed by atoms with Gasteiger partial charge in [-0.3, -0.25) is 4.79 Å². The molecular formula is C20H23NO3S. The molecule has 1 aromatic carbocycles. The number of carbonyl (C=O) groups is 2. The molecule has 1 aliphatic carbocycles. The van der Waals surface area contributed by atoms with E-state index in [0.29, 0.717) is 16.5 Å². The lowest BCUT2D eigenvalue weighted by Crippen LogP contribution is -2.29. The number of ether oxygens (including phenoxy) is 1. The lowest BCUT2D eigenvalue weighted by Gasteiger charge is -2.16. The first-order valence-corrected chi connectivity index (χ1v) is 9.44. The summed E-state index contributed by atoms with van der Waals surface area (Å²) in [5.74, 6) is -0.0853. The van der Waals surface area contributed by atoms with Crippen molar-refractivity contribution in [2.45, 2.75) is 46.1 Å². The lowest BCUT2D eigenvalue weighted by molar-refractivity contribution is -0.123. The van der Waals surface area contributed by atoms with Crippen molar-refractivity contribution in [1.29, 1.82) is 0 Å². The molecule has 2 atom stereocenters. The first kappa shape index (κ1) is 17.7. The average molecular weight is 357 g/mol. The third-order valence-corrected chi connectivity index (χ3v) is 5.69. The van der Waals surface area contributed by atoms with E-state index in [-0.39, 0.29) is 5.91 Å². The molecule has 0 saturated heterocycles. The Labute approximate surface area is 152 Å². The predicted molar refractivity (Wildman–Crippen MR) is 100 cm³/mol. The van der Waals surface area contributed by atoms with Gasteiger partial charge in [0, 0.05) is 10.6 Å². The van der Waals surface area contributed by atoms with Gasteiger partial charge in [0.05, 0.1) is 0 Å². The van der Waals surface area contributed by atoms with Crippen LogP contribution in [0.5, 0.6) is 0 Å². The van der Waals surface area contributed by atoms with Crippen molar-refractivity contribution in [3.63, 3.8) is 0 Å². The second kappa shape index (κ2) is 7.40. The van der Waals surface area contributed by atoms with Gasteiger partial charge in [-0.25, -0.2) is 4.79 Å². The number of amides is 1. The summed E-state index contributed by atoms with van der Waals surface area (Å²) >= 11 is 1.50. The number of hydrogen-bond donors (Lipinski definition) is 1. The summed E-state index contributed by atoms with van der Waals surface area (Å²) in [7, 11) is 0. The number of carbonyl (C=O) groups excluding carboxylic acids is 2. The van der Waals surface area contributed by atoms with Crippen LogP contribution in [0.4, 0.5) is 5.69 Å². The molecule has 1 N–H and O–H groups in total. The molecule has 5 heteroatoms. The number of esters is 1. The molecule has 0 unspecified atom stereocenters.